The van der Waals surface area contributed by atoms with Crippen LogP contribution in [-0.2, 0) is 6.54 Å². The van der Waals surface area contributed by atoms with Crippen LogP contribution in [0, 0.1) is 11.6 Å². The number of hydrogen-bond acceptors (Lipinski definition) is 1. The van der Waals surface area contributed by atoms with Gasteiger partial charge in [0.15, 0.2) is 0 Å². The summed E-state index contributed by atoms with van der Waals surface area (Å²) in [5.41, 5.74) is 1.44. The van der Waals surface area contributed by atoms with E-state index < -0.39 is 0 Å². The van der Waals surface area contributed by atoms with E-state index in [4.69, 9.17) is 0 Å². The molecule has 0 unspecified atom stereocenters. The molecule has 0 saturated heterocycles. The highest BCUT2D eigenvalue weighted by Gasteiger charge is 2.08. The smallest absolute Gasteiger partial charge is 0.146 e. The van der Waals surface area contributed by atoms with Crippen LogP contribution >= 0.6 is 15.9 Å². The van der Waals surface area contributed by atoms with Crippen molar-refractivity contribution in [1.29, 1.82) is 0 Å². The van der Waals surface area contributed by atoms with Crippen molar-refractivity contribution in [3.05, 3.63) is 64.1 Å². The molecule has 0 bridgehead atoms. The van der Waals surface area contributed by atoms with Crippen LogP contribution in [0.25, 0.3) is 0 Å². The van der Waals surface area contributed by atoms with Crippen LogP contribution < -0.4 is 4.90 Å². The number of halogens is 3. The molecule has 94 valence electrons. The van der Waals surface area contributed by atoms with Crippen molar-refractivity contribution in [3.63, 3.8) is 0 Å². The molecular weight excluding hydrogens is 300 g/mol. The van der Waals surface area contributed by atoms with E-state index in [9.17, 15) is 8.78 Å². The van der Waals surface area contributed by atoms with Crippen molar-refractivity contribution in [1.82, 2.24) is 0 Å². The Morgan fingerprint density at radius 2 is 1.78 bits per heavy atom. The van der Waals surface area contributed by atoms with Crippen LogP contribution in [-0.4, -0.2) is 7.05 Å². The quantitative estimate of drug-likeness (QED) is 0.814. The molecule has 4 heteroatoms. The average Bonchev–Trinajstić information content (AvgIpc) is 2.34. The zero-order valence-electron chi connectivity index (χ0n) is 9.83. The van der Waals surface area contributed by atoms with Crippen LogP contribution in [0.4, 0.5) is 14.5 Å². The minimum Gasteiger partial charge on any atom is -0.368 e. The molecule has 0 N–H and O–H groups in total. The van der Waals surface area contributed by atoms with E-state index in [0.29, 0.717) is 16.7 Å². The summed E-state index contributed by atoms with van der Waals surface area (Å²) in [6, 6.07) is 11.4. The van der Waals surface area contributed by atoms with Gasteiger partial charge in [0.1, 0.15) is 11.6 Å². The van der Waals surface area contributed by atoms with Gasteiger partial charge in [0, 0.05) is 13.6 Å². The molecule has 18 heavy (non-hydrogen) atoms. The maximum Gasteiger partial charge on any atom is 0.146 e. The summed E-state index contributed by atoms with van der Waals surface area (Å²) in [6.45, 7) is 0.514. The zero-order chi connectivity index (χ0) is 13.1. The topological polar surface area (TPSA) is 3.24 Å². The molecule has 2 rings (SSSR count). The van der Waals surface area contributed by atoms with Crippen molar-refractivity contribution in [2.45, 2.75) is 6.54 Å². The lowest BCUT2D eigenvalue weighted by molar-refractivity contribution is 0.617. The van der Waals surface area contributed by atoms with E-state index in [1.807, 2.05) is 0 Å². The summed E-state index contributed by atoms with van der Waals surface area (Å²) < 4.78 is 27.1. The van der Waals surface area contributed by atoms with Crippen LogP contribution in [0.15, 0.2) is 46.9 Å². The molecule has 0 aliphatic carbocycles. The summed E-state index contributed by atoms with van der Waals surface area (Å²) in [5, 5.41) is 0. The second kappa shape index (κ2) is 5.48. The fraction of sp³-hybridized carbons (Fsp3) is 0.143. The van der Waals surface area contributed by atoms with Gasteiger partial charge in [-0.15, -0.1) is 0 Å². The SMILES string of the molecule is CN(Cc1ccc(F)c(Br)c1)c1ccccc1F. The third kappa shape index (κ3) is 2.88. The Kier molecular flexibility index (Phi) is 3.97. The van der Waals surface area contributed by atoms with E-state index in [2.05, 4.69) is 15.9 Å². The molecule has 0 atom stereocenters. The Hall–Kier alpha value is -1.42. The summed E-state index contributed by atoms with van der Waals surface area (Å²) in [6.07, 6.45) is 0. The van der Waals surface area contributed by atoms with Gasteiger partial charge >= 0.3 is 0 Å². The van der Waals surface area contributed by atoms with Gasteiger partial charge in [0.2, 0.25) is 0 Å². The molecule has 0 aliphatic heterocycles. The van der Waals surface area contributed by atoms with Crippen LogP contribution in [0.3, 0.4) is 0 Å². The van der Waals surface area contributed by atoms with E-state index in [0.717, 1.165) is 5.56 Å². The molecule has 0 radical (unpaired) electrons. The second-order valence-electron chi connectivity index (χ2n) is 4.06. The normalized spacial score (nSPS) is 10.4. The molecule has 0 saturated carbocycles. The lowest BCUT2D eigenvalue weighted by Gasteiger charge is -2.20. The third-order valence-electron chi connectivity index (χ3n) is 2.67. The number of hydrogen-bond donors (Lipinski definition) is 0. The average molecular weight is 312 g/mol. The van der Waals surface area contributed by atoms with Crippen LogP contribution in [0.5, 0.6) is 0 Å². The van der Waals surface area contributed by atoms with E-state index in [1.54, 1.807) is 42.3 Å². The first-order chi connectivity index (χ1) is 8.58. The van der Waals surface area contributed by atoms with Gasteiger partial charge in [-0.3, -0.25) is 0 Å². The Morgan fingerprint density at radius 3 is 2.44 bits per heavy atom. The van der Waals surface area contributed by atoms with Crippen molar-refractivity contribution in [2.24, 2.45) is 0 Å². The van der Waals surface area contributed by atoms with Crippen molar-refractivity contribution in [3.8, 4) is 0 Å². The molecule has 0 fully saturated rings. The molecular formula is C14H12BrF2N. The fourth-order valence-corrected chi connectivity index (χ4v) is 2.18. The van der Waals surface area contributed by atoms with E-state index in [-0.39, 0.29) is 11.6 Å². The Morgan fingerprint density at radius 1 is 1.06 bits per heavy atom. The number of benzene rings is 2. The number of para-hydroxylation sites is 1. The molecule has 2 aromatic carbocycles. The predicted octanol–water partition coefficient (Wildman–Crippen LogP) is 4.36. The van der Waals surface area contributed by atoms with Crippen molar-refractivity contribution >= 4 is 21.6 Å². The summed E-state index contributed by atoms with van der Waals surface area (Å²) in [4.78, 5) is 1.79. The molecule has 0 spiro atoms. The maximum absolute atomic E-state index is 13.6. The van der Waals surface area contributed by atoms with E-state index in [1.165, 1.54) is 12.1 Å². The van der Waals surface area contributed by atoms with Crippen LogP contribution in [0.1, 0.15) is 5.56 Å². The zero-order valence-corrected chi connectivity index (χ0v) is 11.4. The Bertz CT molecular complexity index is 557. The first-order valence-corrected chi connectivity index (χ1v) is 6.27. The third-order valence-corrected chi connectivity index (χ3v) is 3.28. The van der Waals surface area contributed by atoms with Gasteiger partial charge in [-0.05, 0) is 45.8 Å². The van der Waals surface area contributed by atoms with E-state index >= 15 is 0 Å². The number of nitrogens with zero attached hydrogens (tertiary/aromatic N) is 1. The fourth-order valence-electron chi connectivity index (χ4n) is 1.76. The van der Waals surface area contributed by atoms with Gasteiger partial charge in [-0.2, -0.15) is 0 Å². The largest absolute Gasteiger partial charge is 0.368 e. The minimum absolute atomic E-state index is 0.263. The predicted molar refractivity (Wildman–Crippen MR) is 72.6 cm³/mol. The second-order valence-corrected chi connectivity index (χ2v) is 4.91. The van der Waals surface area contributed by atoms with Crippen molar-refractivity contribution in [2.75, 3.05) is 11.9 Å². The maximum atomic E-state index is 13.6. The van der Waals surface area contributed by atoms with Gasteiger partial charge < -0.3 is 4.90 Å². The van der Waals surface area contributed by atoms with Gasteiger partial charge in [-0.1, -0.05) is 18.2 Å². The highest BCUT2D eigenvalue weighted by Crippen LogP contribution is 2.22. The summed E-state index contributed by atoms with van der Waals surface area (Å²) in [7, 11) is 1.80. The molecule has 0 heterocycles. The lowest BCUT2D eigenvalue weighted by atomic mass is 10.2. The first kappa shape index (κ1) is 13.0. The summed E-state index contributed by atoms with van der Waals surface area (Å²) in [5.74, 6) is -0.562. The van der Waals surface area contributed by atoms with Crippen molar-refractivity contribution < 1.29 is 8.78 Å². The van der Waals surface area contributed by atoms with Gasteiger partial charge in [0.25, 0.3) is 0 Å². The molecule has 1 nitrogen and oxygen atoms in total. The number of anilines is 1. The van der Waals surface area contributed by atoms with Gasteiger partial charge in [-0.25, -0.2) is 8.78 Å². The highest BCUT2D eigenvalue weighted by atomic mass is 79.9. The molecule has 0 amide bonds. The minimum atomic E-state index is -0.299. The van der Waals surface area contributed by atoms with Crippen LogP contribution in [0.2, 0.25) is 0 Å². The molecule has 2 aromatic rings. The standard InChI is InChI=1S/C14H12BrF2N/c1-18(14-5-3-2-4-13(14)17)9-10-6-7-12(16)11(15)8-10/h2-8H,9H2,1H3. The molecule has 0 aliphatic rings. The van der Waals surface area contributed by atoms with Gasteiger partial charge in [0.05, 0.1) is 10.2 Å². The summed E-state index contributed by atoms with van der Waals surface area (Å²) >= 11 is 3.14. The monoisotopic (exact) mass is 311 g/mol. The molecule has 0 aromatic heterocycles. The Balaban J connectivity index is 2.19. The lowest BCUT2D eigenvalue weighted by Crippen LogP contribution is -2.17. The highest BCUT2D eigenvalue weighted by molar-refractivity contribution is 9.10. The Labute approximate surface area is 113 Å². The first-order valence-electron chi connectivity index (χ1n) is 5.47. The number of rotatable bonds is 3.